The molecule has 0 saturated carbocycles. The SMILES string of the molecule is Cc1cc(C)c(NC(=O)c2cnc(N3CCN(C=O)CC3)cn2)c(Cl)c1. The highest BCUT2D eigenvalue weighted by Crippen LogP contribution is 2.27. The first-order chi connectivity index (χ1) is 12.5. The van der Waals surface area contributed by atoms with Crippen LogP contribution in [0.5, 0.6) is 0 Å². The summed E-state index contributed by atoms with van der Waals surface area (Å²) in [5, 5.41) is 3.30. The van der Waals surface area contributed by atoms with Crippen LogP contribution in [0.4, 0.5) is 11.5 Å². The number of halogens is 1. The van der Waals surface area contributed by atoms with Gasteiger partial charge in [0.05, 0.1) is 23.1 Å². The van der Waals surface area contributed by atoms with Gasteiger partial charge in [-0.05, 0) is 31.0 Å². The Morgan fingerprint density at radius 1 is 1.15 bits per heavy atom. The van der Waals surface area contributed by atoms with Crippen molar-refractivity contribution in [3.63, 3.8) is 0 Å². The Labute approximate surface area is 157 Å². The molecule has 136 valence electrons. The van der Waals surface area contributed by atoms with E-state index in [4.69, 9.17) is 11.6 Å². The number of hydrogen-bond donors (Lipinski definition) is 1. The smallest absolute Gasteiger partial charge is 0.275 e. The molecular formula is C18H20ClN5O2. The first-order valence-electron chi connectivity index (χ1n) is 8.32. The van der Waals surface area contributed by atoms with E-state index < -0.39 is 0 Å². The van der Waals surface area contributed by atoms with Crippen LogP contribution in [0, 0.1) is 13.8 Å². The molecule has 8 heteroatoms. The van der Waals surface area contributed by atoms with Crippen LogP contribution >= 0.6 is 11.6 Å². The molecule has 1 aromatic heterocycles. The minimum absolute atomic E-state index is 0.219. The van der Waals surface area contributed by atoms with E-state index in [0.717, 1.165) is 17.5 Å². The van der Waals surface area contributed by atoms with E-state index in [0.29, 0.717) is 42.7 Å². The summed E-state index contributed by atoms with van der Waals surface area (Å²) in [6.45, 7) is 6.53. The number of piperazine rings is 1. The zero-order valence-electron chi connectivity index (χ0n) is 14.7. The summed E-state index contributed by atoms with van der Waals surface area (Å²) < 4.78 is 0. The number of carbonyl (C=O) groups is 2. The van der Waals surface area contributed by atoms with E-state index in [9.17, 15) is 9.59 Å². The minimum Gasteiger partial charge on any atom is -0.352 e. The van der Waals surface area contributed by atoms with Crippen molar-refractivity contribution in [1.29, 1.82) is 0 Å². The van der Waals surface area contributed by atoms with Crippen LogP contribution in [-0.4, -0.2) is 53.4 Å². The van der Waals surface area contributed by atoms with Gasteiger partial charge in [-0.25, -0.2) is 9.97 Å². The summed E-state index contributed by atoms with van der Waals surface area (Å²) in [4.78, 5) is 35.5. The molecule has 3 rings (SSSR count). The van der Waals surface area contributed by atoms with Gasteiger partial charge in [0, 0.05) is 26.2 Å². The summed E-state index contributed by atoms with van der Waals surface area (Å²) in [6.07, 6.45) is 3.89. The van der Waals surface area contributed by atoms with E-state index in [2.05, 4.69) is 15.3 Å². The molecule has 1 N–H and O–H groups in total. The molecule has 0 atom stereocenters. The first kappa shape index (κ1) is 18.1. The summed E-state index contributed by atoms with van der Waals surface area (Å²) in [6, 6.07) is 3.76. The summed E-state index contributed by atoms with van der Waals surface area (Å²) in [5.41, 5.74) is 2.72. The molecule has 0 aliphatic carbocycles. The number of rotatable bonds is 4. The van der Waals surface area contributed by atoms with E-state index in [1.165, 1.54) is 6.20 Å². The fourth-order valence-electron chi connectivity index (χ4n) is 2.91. The van der Waals surface area contributed by atoms with Gasteiger partial charge in [0.25, 0.3) is 5.91 Å². The molecule has 7 nitrogen and oxygen atoms in total. The summed E-state index contributed by atoms with van der Waals surface area (Å²) in [5.74, 6) is 0.334. The molecule has 1 aliphatic heterocycles. The maximum atomic E-state index is 12.4. The zero-order chi connectivity index (χ0) is 18.7. The number of anilines is 2. The van der Waals surface area contributed by atoms with E-state index in [1.54, 1.807) is 17.2 Å². The fraction of sp³-hybridized carbons (Fsp3) is 0.333. The molecule has 1 aromatic carbocycles. The standard InChI is InChI=1S/C18H20ClN5O2/c1-12-7-13(2)17(14(19)8-12)22-18(26)15-9-21-16(10-20-15)24-5-3-23(11-25)4-6-24/h7-11H,3-6H2,1-2H3,(H,22,26). The lowest BCUT2D eigenvalue weighted by molar-refractivity contribution is -0.118. The van der Waals surface area contributed by atoms with Crippen molar-refractivity contribution in [3.8, 4) is 0 Å². The quantitative estimate of drug-likeness (QED) is 0.832. The van der Waals surface area contributed by atoms with Crippen molar-refractivity contribution < 1.29 is 9.59 Å². The monoisotopic (exact) mass is 373 g/mol. The number of hydrogen-bond acceptors (Lipinski definition) is 5. The highest BCUT2D eigenvalue weighted by Gasteiger charge is 2.18. The third-order valence-corrected chi connectivity index (χ3v) is 4.63. The van der Waals surface area contributed by atoms with Crippen LogP contribution in [-0.2, 0) is 4.79 Å². The van der Waals surface area contributed by atoms with Crippen molar-refractivity contribution >= 4 is 35.4 Å². The van der Waals surface area contributed by atoms with Gasteiger partial charge >= 0.3 is 0 Å². The van der Waals surface area contributed by atoms with Crippen molar-refractivity contribution in [3.05, 3.63) is 46.4 Å². The Morgan fingerprint density at radius 2 is 1.88 bits per heavy atom. The lowest BCUT2D eigenvalue weighted by atomic mass is 10.1. The Hall–Kier alpha value is -2.67. The summed E-state index contributed by atoms with van der Waals surface area (Å²) >= 11 is 6.23. The van der Waals surface area contributed by atoms with Gasteiger partial charge in [-0.3, -0.25) is 9.59 Å². The first-order valence-corrected chi connectivity index (χ1v) is 8.70. The molecule has 2 heterocycles. The van der Waals surface area contributed by atoms with Gasteiger partial charge in [0.15, 0.2) is 0 Å². The molecule has 0 unspecified atom stereocenters. The highest BCUT2D eigenvalue weighted by atomic mass is 35.5. The number of nitrogens with zero attached hydrogens (tertiary/aromatic N) is 4. The maximum absolute atomic E-state index is 12.4. The Kier molecular flexibility index (Phi) is 5.37. The molecule has 0 spiro atoms. The van der Waals surface area contributed by atoms with Crippen molar-refractivity contribution in [1.82, 2.24) is 14.9 Å². The predicted molar refractivity (Wildman–Crippen MR) is 101 cm³/mol. The number of aryl methyl sites for hydroxylation is 2. The topological polar surface area (TPSA) is 78.4 Å². The second kappa shape index (κ2) is 7.70. The second-order valence-corrected chi connectivity index (χ2v) is 6.69. The average Bonchev–Trinajstić information content (AvgIpc) is 2.64. The molecular weight excluding hydrogens is 354 g/mol. The number of amides is 2. The summed E-state index contributed by atoms with van der Waals surface area (Å²) in [7, 11) is 0. The third-order valence-electron chi connectivity index (χ3n) is 4.33. The maximum Gasteiger partial charge on any atom is 0.275 e. The van der Waals surface area contributed by atoms with Crippen molar-refractivity contribution in [2.45, 2.75) is 13.8 Å². The fourth-order valence-corrected chi connectivity index (χ4v) is 3.28. The van der Waals surface area contributed by atoms with E-state index in [1.807, 2.05) is 24.8 Å². The normalized spacial score (nSPS) is 14.3. The minimum atomic E-state index is -0.358. The molecule has 1 fully saturated rings. The number of carbonyl (C=O) groups excluding carboxylic acids is 2. The van der Waals surface area contributed by atoms with Gasteiger partial charge < -0.3 is 15.1 Å². The molecule has 2 aromatic rings. The van der Waals surface area contributed by atoms with Crippen LogP contribution in [0.2, 0.25) is 5.02 Å². The lowest BCUT2D eigenvalue weighted by Crippen LogP contribution is -2.46. The lowest BCUT2D eigenvalue weighted by Gasteiger charge is -2.33. The van der Waals surface area contributed by atoms with Crippen LogP contribution in [0.25, 0.3) is 0 Å². The molecule has 0 radical (unpaired) electrons. The van der Waals surface area contributed by atoms with Crippen molar-refractivity contribution in [2.24, 2.45) is 0 Å². The number of aromatic nitrogens is 2. The Balaban J connectivity index is 1.69. The Bertz CT molecular complexity index is 794. The van der Waals surface area contributed by atoms with Crippen LogP contribution in [0.3, 0.4) is 0 Å². The average molecular weight is 374 g/mol. The van der Waals surface area contributed by atoms with Gasteiger partial charge in [0.2, 0.25) is 6.41 Å². The van der Waals surface area contributed by atoms with Crippen LogP contribution in [0.1, 0.15) is 21.6 Å². The van der Waals surface area contributed by atoms with E-state index in [-0.39, 0.29) is 11.6 Å². The van der Waals surface area contributed by atoms with Gasteiger partial charge in [-0.15, -0.1) is 0 Å². The molecule has 1 saturated heterocycles. The number of nitrogens with one attached hydrogen (secondary N) is 1. The third kappa shape index (κ3) is 3.94. The predicted octanol–water partition coefficient (Wildman–Crippen LogP) is 2.28. The van der Waals surface area contributed by atoms with Gasteiger partial charge in [-0.2, -0.15) is 0 Å². The van der Waals surface area contributed by atoms with E-state index >= 15 is 0 Å². The molecule has 26 heavy (non-hydrogen) atoms. The Morgan fingerprint density at radius 3 is 2.46 bits per heavy atom. The van der Waals surface area contributed by atoms with Crippen LogP contribution < -0.4 is 10.2 Å². The molecule has 0 bridgehead atoms. The van der Waals surface area contributed by atoms with Crippen LogP contribution in [0.15, 0.2) is 24.5 Å². The van der Waals surface area contributed by atoms with Crippen molar-refractivity contribution in [2.75, 3.05) is 36.4 Å². The zero-order valence-corrected chi connectivity index (χ0v) is 15.5. The largest absolute Gasteiger partial charge is 0.352 e. The van der Waals surface area contributed by atoms with Gasteiger partial charge in [-0.1, -0.05) is 17.7 Å². The molecule has 2 amide bonds. The second-order valence-electron chi connectivity index (χ2n) is 6.28. The van der Waals surface area contributed by atoms with Gasteiger partial charge in [0.1, 0.15) is 11.5 Å². The highest BCUT2D eigenvalue weighted by molar-refractivity contribution is 6.34. The number of benzene rings is 1. The molecule has 1 aliphatic rings.